The first-order valence-electron chi connectivity index (χ1n) is 7.68. The van der Waals surface area contributed by atoms with E-state index in [2.05, 4.69) is 78.2 Å². The first kappa shape index (κ1) is 15.8. The molecule has 0 unspecified atom stereocenters. The lowest BCUT2D eigenvalue weighted by molar-refractivity contribution is 0.674. The summed E-state index contributed by atoms with van der Waals surface area (Å²) in [5.74, 6) is 0. The normalized spacial score (nSPS) is 11.2. The quantitative estimate of drug-likeness (QED) is 0.848. The lowest BCUT2D eigenvalue weighted by atomic mass is 9.85. The Kier molecular flexibility index (Phi) is 4.53. The van der Waals surface area contributed by atoms with E-state index in [1.165, 1.54) is 44.5 Å². The maximum atomic E-state index is 3.54. The molecule has 21 heavy (non-hydrogen) atoms. The Morgan fingerprint density at radius 3 is 1.14 bits per heavy atom. The summed E-state index contributed by atoms with van der Waals surface area (Å²) in [5.41, 5.74) is 11.0. The molecule has 2 aromatic carbocycles. The Balaban J connectivity index is 2.66. The molecule has 0 atom stereocenters. The average Bonchev–Trinajstić information content (AvgIpc) is 2.34. The zero-order valence-electron chi connectivity index (χ0n) is 14.4. The van der Waals surface area contributed by atoms with Crippen LogP contribution in [0.5, 0.6) is 0 Å². The molecular formula is C20H27N. The Labute approximate surface area is 129 Å². The fraction of sp³-hybridized carbons (Fsp3) is 0.400. The number of hydrogen-bond donors (Lipinski definition) is 1. The van der Waals surface area contributed by atoms with Gasteiger partial charge in [-0.05, 0) is 82.0 Å². The van der Waals surface area contributed by atoms with Gasteiger partial charge in [0.05, 0.1) is 6.04 Å². The van der Waals surface area contributed by atoms with Gasteiger partial charge in [-0.1, -0.05) is 35.4 Å². The Hall–Kier alpha value is -1.60. The van der Waals surface area contributed by atoms with Gasteiger partial charge in [0.2, 0.25) is 0 Å². The van der Waals surface area contributed by atoms with Crippen LogP contribution in [-0.4, -0.2) is 7.05 Å². The van der Waals surface area contributed by atoms with E-state index in [1.54, 1.807) is 0 Å². The molecule has 0 heterocycles. The molecule has 0 aliphatic heterocycles. The zero-order valence-corrected chi connectivity index (χ0v) is 14.4. The first-order valence-corrected chi connectivity index (χ1v) is 7.68. The Bertz CT molecular complexity index is 564. The van der Waals surface area contributed by atoms with Crippen molar-refractivity contribution in [1.29, 1.82) is 0 Å². The Morgan fingerprint density at radius 1 is 0.619 bits per heavy atom. The second kappa shape index (κ2) is 6.03. The summed E-state index contributed by atoms with van der Waals surface area (Å²) in [6.45, 7) is 13.2. The van der Waals surface area contributed by atoms with Crippen LogP contribution < -0.4 is 5.32 Å². The molecule has 1 nitrogen and oxygen atoms in total. The van der Waals surface area contributed by atoms with E-state index in [1.807, 2.05) is 0 Å². The van der Waals surface area contributed by atoms with Crippen LogP contribution in [0.15, 0.2) is 24.3 Å². The van der Waals surface area contributed by atoms with Crippen molar-refractivity contribution in [3.63, 3.8) is 0 Å². The summed E-state index contributed by atoms with van der Waals surface area (Å²) < 4.78 is 0. The van der Waals surface area contributed by atoms with E-state index in [9.17, 15) is 0 Å². The van der Waals surface area contributed by atoms with Gasteiger partial charge in [0.25, 0.3) is 0 Å². The molecule has 1 heteroatoms. The van der Waals surface area contributed by atoms with Gasteiger partial charge in [-0.2, -0.15) is 0 Å². The molecule has 2 rings (SSSR count). The molecule has 0 bridgehead atoms. The minimum absolute atomic E-state index is 0.256. The van der Waals surface area contributed by atoms with E-state index in [0.717, 1.165) is 0 Å². The summed E-state index contributed by atoms with van der Waals surface area (Å²) in [5, 5.41) is 3.54. The first-order chi connectivity index (χ1) is 9.85. The zero-order chi connectivity index (χ0) is 15.7. The van der Waals surface area contributed by atoms with Crippen LogP contribution in [0.3, 0.4) is 0 Å². The van der Waals surface area contributed by atoms with E-state index < -0.39 is 0 Å². The lowest BCUT2D eigenvalue weighted by Crippen LogP contribution is -2.22. The number of benzene rings is 2. The van der Waals surface area contributed by atoms with E-state index in [-0.39, 0.29) is 6.04 Å². The third-order valence-corrected chi connectivity index (χ3v) is 4.34. The van der Waals surface area contributed by atoms with Gasteiger partial charge in [-0.25, -0.2) is 0 Å². The van der Waals surface area contributed by atoms with Crippen LogP contribution in [0.2, 0.25) is 0 Å². The molecule has 112 valence electrons. The molecule has 0 radical (unpaired) electrons. The van der Waals surface area contributed by atoms with Crippen LogP contribution in [0, 0.1) is 41.5 Å². The van der Waals surface area contributed by atoms with E-state index >= 15 is 0 Å². The fourth-order valence-corrected chi connectivity index (χ4v) is 3.73. The highest BCUT2D eigenvalue weighted by Gasteiger charge is 2.20. The van der Waals surface area contributed by atoms with Gasteiger partial charge in [-0.15, -0.1) is 0 Å². The van der Waals surface area contributed by atoms with Gasteiger partial charge < -0.3 is 5.32 Å². The van der Waals surface area contributed by atoms with Crippen LogP contribution in [-0.2, 0) is 0 Å². The topological polar surface area (TPSA) is 12.0 Å². The minimum atomic E-state index is 0.256. The van der Waals surface area contributed by atoms with Crippen molar-refractivity contribution < 1.29 is 0 Å². The van der Waals surface area contributed by atoms with Gasteiger partial charge in [0.1, 0.15) is 0 Å². The summed E-state index contributed by atoms with van der Waals surface area (Å²) in [4.78, 5) is 0. The van der Waals surface area contributed by atoms with Gasteiger partial charge in [-0.3, -0.25) is 0 Å². The monoisotopic (exact) mass is 281 g/mol. The third-order valence-electron chi connectivity index (χ3n) is 4.34. The number of hydrogen-bond acceptors (Lipinski definition) is 1. The number of aryl methyl sites for hydroxylation is 6. The van der Waals surface area contributed by atoms with Crippen molar-refractivity contribution in [2.45, 2.75) is 47.6 Å². The highest BCUT2D eigenvalue weighted by atomic mass is 14.9. The summed E-state index contributed by atoms with van der Waals surface area (Å²) in [6.07, 6.45) is 0. The van der Waals surface area contributed by atoms with Crippen molar-refractivity contribution >= 4 is 0 Å². The summed E-state index contributed by atoms with van der Waals surface area (Å²) in [6, 6.07) is 9.39. The molecule has 0 aromatic heterocycles. The maximum absolute atomic E-state index is 3.54. The molecule has 0 spiro atoms. The largest absolute Gasteiger partial charge is 0.309 e. The van der Waals surface area contributed by atoms with Crippen LogP contribution >= 0.6 is 0 Å². The van der Waals surface area contributed by atoms with Gasteiger partial charge in [0, 0.05) is 0 Å². The molecule has 0 saturated carbocycles. The maximum Gasteiger partial charge on any atom is 0.0584 e. The van der Waals surface area contributed by atoms with Crippen molar-refractivity contribution in [1.82, 2.24) is 5.32 Å². The van der Waals surface area contributed by atoms with Crippen molar-refractivity contribution in [3.05, 3.63) is 68.8 Å². The van der Waals surface area contributed by atoms with Crippen molar-refractivity contribution in [2.75, 3.05) is 7.05 Å². The second-order valence-corrected chi connectivity index (χ2v) is 6.35. The highest BCUT2D eigenvalue weighted by molar-refractivity contribution is 5.49. The predicted molar refractivity (Wildman–Crippen MR) is 92.2 cm³/mol. The molecule has 0 saturated heterocycles. The molecule has 0 aliphatic carbocycles. The second-order valence-electron chi connectivity index (χ2n) is 6.35. The molecule has 0 fully saturated rings. The smallest absolute Gasteiger partial charge is 0.0584 e. The minimum Gasteiger partial charge on any atom is -0.309 e. The van der Waals surface area contributed by atoms with E-state index in [4.69, 9.17) is 0 Å². The van der Waals surface area contributed by atoms with Crippen molar-refractivity contribution in [3.8, 4) is 0 Å². The van der Waals surface area contributed by atoms with Crippen LogP contribution in [0.1, 0.15) is 50.5 Å². The van der Waals surface area contributed by atoms with Gasteiger partial charge >= 0.3 is 0 Å². The third kappa shape index (κ3) is 3.03. The highest BCUT2D eigenvalue weighted by Crippen LogP contribution is 2.32. The molecule has 0 amide bonds. The molecule has 1 N–H and O–H groups in total. The summed E-state index contributed by atoms with van der Waals surface area (Å²) in [7, 11) is 2.06. The van der Waals surface area contributed by atoms with Gasteiger partial charge in [0.15, 0.2) is 0 Å². The standard InChI is InChI=1S/C20H27N/c1-12-8-14(3)18(15(4)9-12)20(21-7)19-16(5)10-13(2)11-17(19)6/h8-11,20-21H,1-7H3. The Morgan fingerprint density at radius 2 is 0.905 bits per heavy atom. The average molecular weight is 281 g/mol. The SMILES string of the molecule is CNC(c1c(C)cc(C)cc1C)c1c(C)cc(C)cc1C. The van der Waals surface area contributed by atoms with Crippen LogP contribution in [0.25, 0.3) is 0 Å². The molecular weight excluding hydrogens is 254 g/mol. The van der Waals surface area contributed by atoms with Crippen molar-refractivity contribution in [2.24, 2.45) is 0 Å². The number of nitrogens with one attached hydrogen (secondary N) is 1. The lowest BCUT2D eigenvalue weighted by Gasteiger charge is -2.26. The van der Waals surface area contributed by atoms with E-state index in [0.29, 0.717) is 0 Å². The fourth-order valence-electron chi connectivity index (χ4n) is 3.73. The predicted octanol–water partition coefficient (Wildman–Crippen LogP) is 4.85. The number of rotatable bonds is 3. The van der Waals surface area contributed by atoms with Crippen LogP contribution in [0.4, 0.5) is 0 Å². The molecule has 0 aliphatic rings. The molecule has 2 aromatic rings. The summed E-state index contributed by atoms with van der Waals surface area (Å²) >= 11 is 0.